The quantitative estimate of drug-likeness (QED) is 0.173. The normalized spacial score (nSPS) is 30.6. The first-order chi connectivity index (χ1) is 18.6. The molecular formula is C20H26N7O10PS. The van der Waals surface area contributed by atoms with Crippen LogP contribution in [-0.2, 0) is 35.1 Å². The van der Waals surface area contributed by atoms with E-state index in [-0.39, 0.29) is 18.8 Å². The molecule has 2 fully saturated rings. The lowest BCUT2D eigenvalue weighted by Crippen LogP contribution is -2.40. The van der Waals surface area contributed by atoms with Crippen molar-refractivity contribution in [2.45, 2.75) is 49.4 Å². The Labute approximate surface area is 224 Å². The Kier molecular flexibility index (Phi) is 7.93. The Bertz CT molecular complexity index is 1500. The zero-order chi connectivity index (χ0) is 27.9. The van der Waals surface area contributed by atoms with Gasteiger partial charge in [-0.3, -0.25) is 23.4 Å². The molecule has 2 aliphatic rings. The molecule has 17 nitrogen and oxygen atoms in total. The Hall–Kier alpha value is -2.64. The number of imidazole rings is 1. The van der Waals surface area contributed by atoms with Crippen LogP contribution in [0.4, 0.5) is 5.82 Å². The van der Waals surface area contributed by atoms with Gasteiger partial charge in [-0.15, -0.1) is 0 Å². The van der Waals surface area contributed by atoms with E-state index in [0.717, 1.165) is 10.6 Å². The van der Waals surface area contributed by atoms with E-state index >= 15 is 0 Å². The van der Waals surface area contributed by atoms with Crippen molar-refractivity contribution in [3.8, 4) is 0 Å². The number of rotatable bonds is 9. The minimum Gasteiger partial charge on any atom is -0.394 e. The molecule has 0 amide bonds. The number of hydrogen-bond donors (Lipinski definition) is 5. The minimum atomic E-state index is -4.02. The van der Waals surface area contributed by atoms with Crippen LogP contribution in [-0.4, -0.2) is 95.0 Å². The Balaban J connectivity index is 1.26. The number of aliphatic hydroxyl groups excluding tert-OH is 2. The van der Waals surface area contributed by atoms with Crippen LogP contribution in [0.3, 0.4) is 0 Å². The largest absolute Gasteiger partial charge is 0.394 e. The van der Waals surface area contributed by atoms with E-state index in [2.05, 4.69) is 19.9 Å². The van der Waals surface area contributed by atoms with Crippen molar-refractivity contribution in [3.05, 3.63) is 45.8 Å². The van der Waals surface area contributed by atoms with Gasteiger partial charge in [0.2, 0.25) is 0 Å². The number of fused-ring (bicyclic) bond motifs is 1. The van der Waals surface area contributed by atoms with Gasteiger partial charge in [0.15, 0.2) is 17.7 Å². The molecule has 0 spiro atoms. The lowest BCUT2D eigenvalue weighted by Gasteiger charge is -2.27. The molecule has 6 N–H and O–H groups in total. The second kappa shape index (κ2) is 11.1. The first-order valence-electron chi connectivity index (χ1n) is 11.6. The molecule has 2 saturated heterocycles. The van der Waals surface area contributed by atoms with Crippen LogP contribution in [0.2, 0.25) is 0 Å². The van der Waals surface area contributed by atoms with Crippen LogP contribution in [0, 0.1) is 0 Å². The van der Waals surface area contributed by atoms with E-state index in [1.54, 1.807) is 4.57 Å². The number of ether oxygens (including phenoxy) is 3. The fourth-order valence-electron chi connectivity index (χ4n) is 4.55. The maximum atomic E-state index is 12.3. The molecule has 212 valence electrons. The van der Waals surface area contributed by atoms with Gasteiger partial charge in [-0.25, -0.2) is 19.7 Å². The molecule has 8 atom stereocenters. The first kappa shape index (κ1) is 27.9. The SMILES string of the molecule is CO[C@@H]1C(n2ccc(=O)[nH]c2=O)O[C@H](CO)[C@@H]1OP(O)(=S)OC[C@H]1OC(n2cnc3c(N)ncnc32)C[C@H]1O. The highest BCUT2D eigenvalue weighted by Gasteiger charge is 2.49. The summed E-state index contributed by atoms with van der Waals surface area (Å²) >= 11 is 5.17. The van der Waals surface area contributed by atoms with Gasteiger partial charge in [0.05, 0.1) is 25.6 Å². The summed E-state index contributed by atoms with van der Waals surface area (Å²) in [5.74, 6) is 0.203. The second-order valence-electron chi connectivity index (χ2n) is 8.81. The number of hydrogen-bond acceptors (Lipinski definition) is 14. The molecule has 0 radical (unpaired) electrons. The smallest absolute Gasteiger partial charge is 0.330 e. The maximum absolute atomic E-state index is 12.3. The molecule has 19 heteroatoms. The lowest BCUT2D eigenvalue weighted by molar-refractivity contribution is -0.0625. The fourth-order valence-corrected chi connectivity index (χ4v) is 5.99. The van der Waals surface area contributed by atoms with Crippen LogP contribution in [0.15, 0.2) is 34.5 Å². The number of nitrogens with zero attached hydrogens (tertiary/aromatic N) is 5. The lowest BCUT2D eigenvalue weighted by atomic mass is 10.1. The maximum Gasteiger partial charge on any atom is 0.330 e. The molecule has 3 unspecified atom stereocenters. The third kappa shape index (κ3) is 5.53. The van der Waals surface area contributed by atoms with Crippen molar-refractivity contribution in [2.75, 3.05) is 26.1 Å². The van der Waals surface area contributed by atoms with E-state index < -0.39 is 67.6 Å². The van der Waals surface area contributed by atoms with Gasteiger partial charge in [0.1, 0.15) is 42.5 Å². The van der Waals surface area contributed by atoms with E-state index in [4.69, 9.17) is 40.8 Å². The number of nitrogens with two attached hydrogens (primary N) is 1. The van der Waals surface area contributed by atoms with Crippen LogP contribution in [0.1, 0.15) is 18.9 Å². The van der Waals surface area contributed by atoms with E-state index in [9.17, 15) is 24.7 Å². The molecule has 0 aromatic carbocycles. The number of anilines is 1. The van der Waals surface area contributed by atoms with Crippen LogP contribution >= 0.6 is 6.72 Å². The molecule has 39 heavy (non-hydrogen) atoms. The average Bonchev–Trinajstić information content (AvgIpc) is 3.58. The second-order valence-corrected chi connectivity index (χ2v) is 11.6. The summed E-state index contributed by atoms with van der Waals surface area (Å²) in [6, 6.07) is 1.12. The number of aromatic amines is 1. The fraction of sp³-hybridized carbons (Fsp3) is 0.550. The monoisotopic (exact) mass is 587 g/mol. The topological polar surface area (TPSA) is 231 Å². The zero-order valence-electron chi connectivity index (χ0n) is 20.3. The van der Waals surface area contributed by atoms with Gasteiger partial charge in [-0.2, -0.15) is 0 Å². The van der Waals surface area contributed by atoms with E-state index in [1.165, 1.54) is 26.0 Å². The van der Waals surface area contributed by atoms with Gasteiger partial charge >= 0.3 is 12.4 Å². The number of nitrogen functional groups attached to an aromatic ring is 1. The standard InChI is InChI=1S/C20H26N7O10PS/c1-33-16-15(10(5-28)36-19(16)26-3-2-12(30)25-20(26)31)37-38(32,39)34-6-11-9(29)4-13(35-11)27-8-24-14-17(21)22-7-23-18(14)27/h2-3,7-11,13,15-16,19,28-29H,4-6H2,1H3,(H,32,39)(H2,21,22,23)(H,25,30,31)/t9-,10-,11-,13?,15+,16+,19?,38?/m1/s1. The summed E-state index contributed by atoms with van der Waals surface area (Å²) < 4.78 is 30.9. The van der Waals surface area contributed by atoms with Crippen molar-refractivity contribution in [1.82, 2.24) is 29.1 Å². The predicted octanol–water partition coefficient (Wildman–Crippen LogP) is -1.87. The van der Waals surface area contributed by atoms with Gasteiger partial charge in [0, 0.05) is 25.8 Å². The average molecular weight is 588 g/mol. The Morgan fingerprint density at radius 2 is 2.03 bits per heavy atom. The minimum absolute atomic E-state index is 0.170. The summed E-state index contributed by atoms with van der Waals surface area (Å²) in [7, 11) is 1.32. The molecule has 5 rings (SSSR count). The highest BCUT2D eigenvalue weighted by Crippen LogP contribution is 2.49. The van der Waals surface area contributed by atoms with Crippen molar-refractivity contribution in [3.63, 3.8) is 0 Å². The number of aromatic nitrogens is 6. The summed E-state index contributed by atoms with van der Waals surface area (Å²) in [5, 5.41) is 20.4. The van der Waals surface area contributed by atoms with E-state index in [0.29, 0.717) is 11.2 Å². The number of aliphatic hydroxyl groups is 2. The first-order valence-corrected chi connectivity index (χ1v) is 14.2. The molecule has 5 heterocycles. The molecule has 0 aliphatic carbocycles. The number of H-pyrrole nitrogens is 1. The third-order valence-electron chi connectivity index (χ3n) is 6.42. The van der Waals surface area contributed by atoms with Gasteiger partial charge in [-0.1, -0.05) is 0 Å². The molecule has 3 aromatic rings. The summed E-state index contributed by atoms with van der Waals surface area (Å²) in [6.07, 6.45) is -2.72. The molecular weight excluding hydrogens is 561 g/mol. The van der Waals surface area contributed by atoms with Crippen molar-refractivity contribution in [1.29, 1.82) is 0 Å². The molecule has 3 aromatic heterocycles. The van der Waals surface area contributed by atoms with Gasteiger partial charge < -0.3 is 39.6 Å². The summed E-state index contributed by atoms with van der Waals surface area (Å²) in [6.45, 7) is -4.90. The highest BCUT2D eigenvalue weighted by atomic mass is 32.5. The Morgan fingerprint density at radius 3 is 2.74 bits per heavy atom. The Morgan fingerprint density at radius 1 is 1.23 bits per heavy atom. The molecule has 0 bridgehead atoms. The molecule has 0 saturated carbocycles. The third-order valence-corrected chi connectivity index (χ3v) is 7.98. The van der Waals surface area contributed by atoms with Crippen LogP contribution in [0.25, 0.3) is 11.2 Å². The number of nitrogens with one attached hydrogen (secondary N) is 1. The highest BCUT2D eigenvalue weighted by molar-refractivity contribution is 8.07. The predicted molar refractivity (Wildman–Crippen MR) is 135 cm³/mol. The van der Waals surface area contributed by atoms with Crippen molar-refractivity contribution in [2.24, 2.45) is 0 Å². The van der Waals surface area contributed by atoms with Gasteiger partial charge in [-0.05, 0) is 11.8 Å². The molecule has 2 aliphatic heterocycles. The van der Waals surface area contributed by atoms with Crippen molar-refractivity contribution >= 4 is 35.5 Å². The number of methoxy groups -OCH3 is 1. The van der Waals surface area contributed by atoms with Crippen molar-refractivity contribution < 1.29 is 38.4 Å². The zero-order valence-corrected chi connectivity index (χ0v) is 22.1. The van der Waals surface area contributed by atoms with Crippen LogP contribution in [0.5, 0.6) is 0 Å². The summed E-state index contributed by atoms with van der Waals surface area (Å²) in [5.41, 5.74) is 5.27. The summed E-state index contributed by atoms with van der Waals surface area (Å²) in [4.78, 5) is 48.9. The van der Waals surface area contributed by atoms with Gasteiger partial charge in [0.25, 0.3) is 5.56 Å². The van der Waals surface area contributed by atoms with Crippen LogP contribution < -0.4 is 17.0 Å². The van der Waals surface area contributed by atoms with E-state index in [1.807, 2.05) is 0 Å².